The zero-order valence-corrected chi connectivity index (χ0v) is 25.4. The van der Waals surface area contributed by atoms with Gasteiger partial charge in [-0.2, -0.15) is 0 Å². The minimum absolute atomic E-state index is 0.128. The number of hydrogen-bond donors (Lipinski definition) is 2. The second kappa shape index (κ2) is 15.8. The van der Waals surface area contributed by atoms with Crippen LogP contribution in [0.25, 0.3) is 0 Å². The Hall–Kier alpha value is -3.59. The average molecular weight is 605 g/mol. The van der Waals surface area contributed by atoms with E-state index in [-0.39, 0.29) is 18.4 Å². The van der Waals surface area contributed by atoms with Gasteiger partial charge in [-0.3, -0.25) is 14.5 Å². The number of nitrogens with one attached hydrogen (secondary N) is 2. The van der Waals surface area contributed by atoms with Crippen molar-refractivity contribution in [2.24, 2.45) is 5.92 Å². The first-order valence-electron chi connectivity index (χ1n) is 15.2. The molecule has 0 radical (unpaired) electrons. The summed E-state index contributed by atoms with van der Waals surface area (Å²) in [5.41, 5.74) is 3.41. The van der Waals surface area contributed by atoms with Gasteiger partial charge in [-0.1, -0.05) is 41.9 Å². The van der Waals surface area contributed by atoms with E-state index in [1.807, 2.05) is 12.1 Å². The molecule has 2 N–H and O–H groups in total. The molecule has 8 nitrogen and oxygen atoms in total. The molecule has 0 spiro atoms. The van der Waals surface area contributed by atoms with Crippen LogP contribution in [0.3, 0.4) is 0 Å². The van der Waals surface area contributed by atoms with Gasteiger partial charge in [0, 0.05) is 49.1 Å². The number of ether oxygens (including phenoxy) is 2. The number of nitrogens with zero attached hydrogens (tertiary/aromatic N) is 2. The van der Waals surface area contributed by atoms with Crippen molar-refractivity contribution < 1.29 is 19.1 Å². The van der Waals surface area contributed by atoms with Crippen LogP contribution in [0, 0.1) is 5.92 Å². The Balaban J connectivity index is 1.21. The van der Waals surface area contributed by atoms with Gasteiger partial charge in [0.2, 0.25) is 0 Å². The predicted molar refractivity (Wildman–Crippen MR) is 171 cm³/mol. The Kier molecular flexibility index (Phi) is 11.3. The molecule has 2 fully saturated rings. The van der Waals surface area contributed by atoms with Crippen molar-refractivity contribution in [2.45, 2.75) is 25.7 Å². The maximum Gasteiger partial charge on any atom is 0.262 e. The lowest BCUT2D eigenvalue weighted by Gasteiger charge is -2.35. The summed E-state index contributed by atoms with van der Waals surface area (Å²) in [4.78, 5) is 30.9. The third-order valence-corrected chi connectivity index (χ3v) is 8.32. The van der Waals surface area contributed by atoms with Crippen molar-refractivity contribution in [3.05, 3.63) is 88.9 Å². The Bertz CT molecular complexity index is 1320. The highest BCUT2D eigenvalue weighted by atomic mass is 35.5. The maximum absolute atomic E-state index is 13.5. The highest BCUT2D eigenvalue weighted by molar-refractivity contribution is 6.30. The fourth-order valence-corrected chi connectivity index (χ4v) is 5.82. The van der Waals surface area contributed by atoms with Crippen LogP contribution in [0.4, 0.5) is 11.4 Å². The Labute approximate surface area is 259 Å². The SMILES string of the molecule is O=C(COc1ccc(Cl)cc1)Nc1ccc(N2CCC(Cc3ccccc3)CC2)c(C(=O)NCCCN2CCOCC2)c1. The predicted octanol–water partition coefficient (Wildman–Crippen LogP) is 5.27. The van der Waals surface area contributed by atoms with Crippen LogP contribution in [0.2, 0.25) is 5.02 Å². The first kappa shape index (κ1) is 30.9. The minimum atomic E-state index is -0.304. The number of anilines is 2. The summed E-state index contributed by atoms with van der Waals surface area (Å²) in [6, 6.07) is 23.1. The molecule has 9 heteroatoms. The molecule has 0 aliphatic carbocycles. The molecular formula is C34H41ClN4O4. The van der Waals surface area contributed by atoms with Gasteiger partial charge in [0.1, 0.15) is 5.75 Å². The molecule has 2 heterocycles. The van der Waals surface area contributed by atoms with Crippen LogP contribution in [0.5, 0.6) is 5.75 Å². The molecule has 228 valence electrons. The smallest absolute Gasteiger partial charge is 0.262 e. The molecule has 3 aromatic rings. The van der Waals surface area contributed by atoms with Gasteiger partial charge in [0.25, 0.3) is 11.8 Å². The Morgan fingerprint density at radius 3 is 2.42 bits per heavy atom. The second-order valence-corrected chi connectivity index (χ2v) is 11.6. The van der Waals surface area contributed by atoms with E-state index in [0.717, 1.165) is 77.3 Å². The van der Waals surface area contributed by atoms with Crippen LogP contribution >= 0.6 is 11.6 Å². The highest BCUT2D eigenvalue weighted by Gasteiger charge is 2.24. The third-order valence-electron chi connectivity index (χ3n) is 8.07. The molecule has 0 saturated carbocycles. The summed E-state index contributed by atoms with van der Waals surface area (Å²) >= 11 is 5.93. The van der Waals surface area contributed by atoms with Crippen LogP contribution in [0.15, 0.2) is 72.8 Å². The second-order valence-electron chi connectivity index (χ2n) is 11.2. The van der Waals surface area contributed by atoms with Gasteiger partial charge in [0.15, 0.2) is 6.61 Å². The maximum atomic E-state index is 13.5. The normalized spacial score (nSPS) is 16.1. The van der Waals surface area contributed by atoms with Crippen molar-refractivity contribution in [3.8, 4) is 5.75 Å². The van der Waals surface area contributed by atoms with E-state index in [4.69, 9.17) is 21.1 Å². The summed E-state index contributed by atoms with van der Waals surface area (Å²) in [7, 11) is 0. The van der Waals surface area contributed by atoms with Crippen LogP contribution in [-0.2, 0) is 16.0 Å². The monoisotopic (exact) mass is 604 g/mol. The Morgan fingerprint density at radius 1 is 0.930 bits per heavy atom. The number of morpholine rings is 1. The summed E-state index contributed by atoms with van der Waals surface area (Å²) in [6.45, 7) is 6.52. The fraction of sp³-hybridized carbons (Fsp3) is 0.412. The van der Waals surface area contributed by atoms with E-state index >= 15 is 0 Å². The largest absolute Gasteiger partial charge is 0.484 e. The van der Waals surface area contributed by atoms with Crippen molar-refractivity contribution in [3.63, 3.8) is 0 Å². The molecule has 0 bridgehead atoms. The lowest BCUT2D eigenvalue weighted by molar-refractivity contribution is -0.118. The molecule has 2 aliphatic rings. The zero-order chi connectivity index (χ0) is 29.9. The molecule has 0 aromatic heterocycles. The first-order chi connectivity index (χ1) is 21.0. The highest BCUT2D eigenvalue weighted by Crippen LogP contribution is 2.30. The van der Waals surface area contributed by atoms with E-state index in [1.165, 1.54) is 5.56 Å². The van der Waals surface area contributed by atoms with Gasteiger partial charge in [-0.15, -0.1) is 0 Å². The van der Waals surface area contributed by atoms with Crippen molar-refractivity contribution in [1.82, 2.24) is 10.2 Å². The summed E-state index contributed by atoms with van der Waals surface area (Å²) < 4.78 is 11.0. The minimum Gasteiger partial charge on any atom is -0.484 e. The average Bonchev–Trinajstić information content (AvgIpc) is 3.04. The molecule has 5 rings (SSSR count). The fourth-order valence-electron chi connectivity index (χ4n) is 5.70. The van der Waals surface area contributed by atoms with Crippen LogP contribution < -0.4 is 20.3 Å². The van der Waals surface area contributed by atoms with E-state index in [0.29, 0.717) is 34.5 Å². The molecule has 3 aromatic carbocycles. The van der Waals surface area contributed by atoms with Crippen molar-refractivity contribution >= 4 is 34.8 Å². The lowest BCUT2D eigenvalue weighted by atomic mass is 9.89. The number of rotatable bonds is 12. The van der Waals surface area contributed by atoms with Gasteiger partial charge < -0.3 is 25.0 Å². The molecule has 2 amide bonds. The molecule has 2 saturated heterocycles. The molecule has 43 heavy (non-hydrogen) atoms. The number of piperidine rings is 1. The number of hydrogen-bond acceptors (Lipinski definition) is 6. The topological polar surface area (TPSA) is 83.1 Å². The summed E-state index contributed by atoms with van der Waals surface area (Å²) in [5, 5.41) is 6.61. The number of halogens is 1. The number of carbonyl (C=O) groups excluding carboxylic acids is 2. The van der Waals surface area contributed by atoms with E-state index < -0.39 is 0 Å². The van der Waals surface area contributed by atoms with Crippen molar-refractivity contribution in [1.29, 1.82) is 0 Å². The molecular weight excluding hydrogens is 564 g/mol. The van der Waals surface area contributed by atoms with E-state index in [9.17, 15) is 9.59 Å². The first-order valence-corrected chi connectivity index (χ1v) is 15.6. The number of amides is 2. The quantitative estimate of drug-likeness (QED) is 0.274. The zero-order valence-electron chi connectivity index (χ0n) is 24.6. The van der Waals surface area contributed by atoms with Gasteiger partial charge in [-0.05, 0) is 86.2 Å². The summed E-state index contributed by atoms with van der Waals surface area (Å²) in [6.07, 6.45) is 4.07. The third kappa shape index (κ3) is 9.45. The van der Waals surface area contributed by atoms with Crippen LogP contribution in [0.1, 0.15) is 35.2 Å². The van der Waals surface area contributed by atoms with Gasteiger partial charge >= 0.3 is 0 Å². The molecule has 0 unspecified atom stereocenters. The van der Waals surface area contributed by atoms with E-state index in [2.05, 4.69) is 50.8 Å². The van der Waals surface area contributed by atoms with Gasteiger partial charge in [0.05, 0.1) is 18.8 Å². The van der Waals surface area contributed by atoms with Gasteiger partial charge in [-0.25, -0.2) is 0 Å². The molecule has 0 atom stereocenters. The van der Waals surface area contributed by atoms with E-state index in [1.54, 1.807) is 30.3 Å². The molecule has 2 aliphatic heterocycles. The van der Waals surface area contributed by atoms with Crippen molar-refractivity contribution in [2.75, 3.05) is 69.3 Å². The number of benzene rings is 3. The number of carbonyl (C=O) groups is 2. The summed E-state index contributed by atoms with van der Waals surface area (Å²) in [5.74, 6) is 0.747. The standard InChI is InChI=1S/C34H41ClN4O4/c35-28-7-10-30(11-8-28)43-25-33(40)37-29-9-12-32(39-17-13-27(14-18-39)23-26-5-2-1-3-6-26)31(24-29)34(41)36-15-4-16-38-19-21-42-22-20-38/h1-3,5-12,24,27H,4,13-23,25H2,(H,36,41)(H,37,40). The van der Waals surface area contributed by atoms with Crippen LogP contribution in [-0.4, -0.2) is 75.8 Å². The lowest BCUT2D eigenvalue weighted by Crippen LogP contribution is -2.38. The Morgan fingerprint density at radius 2 is 1.67 bits per heavy atom.